The molecule has 7 nitrogen and oxygen atoms in total. The van der Waals surface area contributed by atoms with Crippen LogP contribution in [0.15, 0.2) is 18.2 Å². The van der Waals surface area contributed by atoms with Crippen LogP contribution in [-0.4, -0.2) is 43.7 Å². The molecule has 0 aliphatic rings. The van der Waals surface area contributed by atoms with Crippen LogP contribution >= 0.6 is 0 Å². The fraction of sp³-hybridized carbons (Fsp3) is 0.333. The van der Waals surface area contributed by atoms with Gasteiger partial charge in [0.1, 0.15) is 12.3 Å². The molecule has 1 aromatic rings. The topological polar surface area (TPSA) is 114 Å². The molecule has 0 bridgehead atoms. The van der Waals surface area contributed by atoms with Crippen LogP contribution in [-0.2, 0) is 4.79 Å². The summed E-state index contributed by atoms with van der Waals surface area (Å²) < 4.78 is 5.11. The number of carboxylic acid groups (broad SMARTS) is 1. The standard InChI is InChI=1S/C12H17N3O4/c1-19-10-6-8(15-7-11(16)17)2-3-9(10)12(18)14-5-4-13/h2-3,6,15H,4-5,7,13H2,1H3,(H,14,18)(H,16,17). The molecule has 0 aliphatic carbocycles. The van der Waals surface area contributed by atoms with Gasteiger partial charge < -0.3 is 26.2 Å². The summed E-state index contributed by atoms with van der Waals surface area (Å²) in [6, 6.07) is 4.75. The third-order valence-corrected chi connectivity index (χ3v) is 2.32. The highest BCUT2D eigenvalue weighted by atomic mass is 16.5. The van der Waals surface area contributed by atoms with Crippen LogP contribution in [0.1, 0.15) is 10.4 Å². The van der Waals surface area contributed by atoms with E-state index < -0.39 is 5.97 Å². The molecule has 0 unspecified atom stereocenters. The summed E-state index contributed by atoms with van der Waals surface area (Å²) in [5, 5.41) is 13.9. The SMILES string of the molecule is COc1cc(NCC(=O)O)ccc1C(=O)NCCN. The van der Waals surface area contributed by atoms with Crippen molar-refractivity contribution in [2.45, 2.75) is 0 Å². The van der Waals surface area contributed by atoms with Crippen LogP contribution in [0.5, 0.6) is 5.75 Å². The first-order valence-corrected chi connectivity index (χ1v) is 5.70. The fourth-order valence-electron chi connectivity index (χ4n) is 1.45. The third-order valence-electron chi connectivity index (χ3n) is 2.32. The van der Waals surface area contributed by atoms with E-state index >= 15 is 0 Å². The molecule has 1 aromatic carbocycles. The van der Waals surface area contributed by atoms with E-state index in [4.69, 9.17) is 15.6 Å². The van der Waals surface area contributed by atoms with Gasteiger partial charge in [0, 0.05) is 24.8 Å². The van der Waals surface area contributed by atoms with Gasteiger partial charge in [-0.15, -0.1) is 0 Å². The van der Waals surface area contributed by atoms with Crippen LogP contribution in [0.4, 0.5) is 5.69 Å². The molecule has 19 heavy (non-hydrogen) atoms. The molecule has 0 aliphatic heterocycles. The van der Waals surface area contributed by atoms with Crippen LogP contribution in [0.3, 0.4) is 0 Å². The average molecular weight is 267 g/mol. The molecule has 0 saturated carbocycles. The van der Waals surface area contributed by atoms with Gasteiger partial charge in [0.2, 0.25) is 0 Å². The Balaban J connectivity index is 2.83. The van der Waals surface area contributed by atoms with E-state index in [9.17, 15) is 9.59 Å². The van der Waals surface area contributed by atoms with Gasteiger partial charge in [-0.25, -0.2) is 0 Å². The molecule has 0 heterocycles. The van der Waals surface area contributed by atoms with Crippen LogP contribution in [0, 0.1) is 0 Å². The summed E-state index contributed by atoms with van der Waals surface area (Å²) >= 11 is 0. The smallest absolute Gasteiger partial charge is 0.322 e. The summed E-state index contributed by atoms with van der Waals surface area (Å²) in [6.07, 6.45) is 0. The van der Waals surface area contributed by atoms with Crippen molar-refractivity contribution in [1.82, 2.24) is 5.32 Å². The van der Waals surface area contributed by atoms with Crippen molar-refractivity contribution in [3.05, 3.63) is 23.8 Å². The highest BCUT2D eigenvalue weighted by Gasteiger charge is 2.12. The number of hydrogen-bond acceptors (Lipinski definition) is 5. The van der Waals surface area contributed by atoms with Gasteiger partial charge in [0.15, 0.2) is 0 Å². The zero-order valence-electron chi connectivity index (χ0n) is 10.6. The number of amides is 1. The summed E-state index contributed by atoms with van der Waals surface area (Å²) in [4.78, 5) is 22.3. The zero-order chi connectivity index (χ0) is 14.3. The number of nitrogens with two attached hydrogens (primary N) is 1. The van der Waals surface area contributed by atoms with E-state index in [1.165, 1.54) is 7.11 Å². The molecule has 0 atom stereocenters. The first-order chi connectivity index (χ1) is 9.08. The molecular weight excluding hydrogens is 250 g/mol. The summed E-state index contributed by atoms with van der Waals surface area (Å²) in [6.45, 7) is 0.523. The lowest BCUT2D eigenvalue weighted by Gasteiger charge is -2.11. The van der Waals surface area contributed by atoms with Gasteiger partial charge in [-0.05, 0) is 12.1 Å². The Bertz CT molecular complexity index is 462. The molecule has 104 valence electrons. The zero-order valence-corrected chi connectivity index (χ0v) is 10.6. The Morgan fingerprint density at radius 2 is 2.16 bits per heavy atom. The highest BCUT2D eigenvalue weighted by molar-refractivity contribution is 5.97. The van der Waals surface area contributed by atoms with Crippen molar-refractivity contribution in [3.8, 4) is 5.75 Å². The van der Waals surface area contributed by atoms with Crippen LogP contribution in [0.2, 0.25) is 0 Å². The lowest BCUT2D eigenvalue weighted by atomic mass is 10.1. The van der Waals surface area contributed by atoms with Crippen LogP contribution in [0.25, 0.3) is 0 Å². The van der Waals surface area contributed by atoms with Gasteiger partial charge in [0.05, 0.1) is 12.7 Å². The van der Waals surface area contributed by atoms with Crippen LogP contribution < -0.4 is 21.1 Å². The Hall–Kier alpha value is -2.28. The van der Waals surface area contributed by atoms with Crippen molar-refractivity contribution >= 4 is 17.6 Å². The van der Waals surface area contributed by atoms with E-state index in [2.05, 4.69) is 10.6 Å². The summed E-state index contributed by atoms with van der Waals surface area (Å²) in [5.41, 5.74) is 6.24. The number of nitrogens with one attached hydrogen (secondary N) is 2. The van der Waals surface area contributed by atoms with Crippen molar-refractivity contribution in [3.63, 3.8) is 0 Å². The Morgan fingerprint density at radius 1 is 1.42 bits per heavy atom. The number of aliphatic carboxylic acids is 1. The molecule has 0 saturated heterocycles. The molecule has 7 heteroatoms. The van der Waals surface area contributed by atoms with Crippen molar-refractivity contribution in [2.75, 3.05) is 32.1 Å². The monoisotopic (exact) mass is 267 g/mol. The minimum atomic E-state index is -0.969. The minimum Gasteiger partial charge on any atom is -0.496 e. The second-order valence-corrected chi connectivity index (χ2v) is 3.71. The fourth-order valence-corrected chi connectivity index (χ4v) is 1.45. The second-order valence-electron chi connectivity index (χ2n) is 3.71. The molecule has 5 N–H and O–H groups in total. The predicted molar refractivity (Wildman–Crippen MR) is 70.5 cm³/mol. The largest absolute Gasteiger partial charge is 0.496 e. The number of rotatable bonds is 7. The third kappa shape index (κ3) is 4.47. The maximum absolute atomic E-state index is 11.8. The van der Waals surface area contributed by atoms with E-state index in [1.807, 2.05) is 0 Å². The summed E-state index contributed by atoms with van der Waals surface area (Å²) in [7, 11) is 1.44. The molecular formula is C12H17N3O4. The Kier molecular flexibility index (Phi) is 5.62. The van der Waals surface area contributed by atoms with Gasteiger partial charge in [-0.2, -0.15) is 0 Å². The maximum Gasteiger partial charge on any atom is 0.322 e. The predicted octanol–water partition coefficient (Wildman–Crippen LogP) is -0.120. The first kappa shape index (κ1) is 14.8. The van der Waals surface area contributed by atoms with E-state index in [1.54, 1.807) is 18.2 Å². The molecule has 1 rings (SSSR count). The Labute approximate surface area is 110 Å². The highest BCUT2D eigenvalue weighted by Crippen LogP contribution is 2.23. The number of carbonyl (C=O) groups excluding carboxylic acids is 1. The molecule has 0 radical (unpaired) electrons. The van der Waals surface area contributed by atoms with E-state index in [0.717, 1.165) is 0 Å². The quantitative estimate of drug-likeness (QED) is 0.547. The van der Waals surface area contributed by atoms with E-state index in [-0.39, 0.29) is 12.5 Å². The normalized spacial score (nSPS) is 9.79. The molecule has 0 fully saturated rings. The van der Waals surface area contributed by atoms with Gasteiger partial charge in [-0.1, -0.05) is 0 Å². The number of benzene rings is 1. The first-order valence-electron chi connectivity index (χ1n) is 5.70. The molecule has 0 spiro atoms. The number of carbonyl (C=O) groups is 2. The maximum atomic E-state index is 11.8. The number of ether oxygens (including phenoxy) is 1. The van der Waals surface area contributed by atoms with Gasteiger partial charge in [0.25, 0.3) is 5.91 Å². The molecule has 1 amide bonds. The second kappa shape index (κ2) is 7.22. The lowest BCUT2D eigenvalue weighted by Crippen LogP contribution is -2.29. The Morgan fingerprint density at radius 3 is 2.74 bits per heavy atom. The number of anilines is 1. The minimum absolute atomic E-state index is 0.206. The van der Waals surface area contributed by atoms with Gasteiger partial charge >= 0.3 is 5.97 Å². The van der Waals surface area contributed by atoms with Crippen molar-refractivity contribution in [2.24, 2.45) is 5.73 Å². The number of methoxy groups -OCH3 is 1. The molecule has 0 aromatic heterocycles. The average Bonchev–Trinajstić information content (AvgIpc) is 2.42. The number of carboxylic acids is 1. The lowest BCUT2D eigenvalue weighted by molar-refractivity contribution is -0.134. The number of hydrogen-bond donors (Lipinski definition) is 4. The van der Waals surface area contributed by atoms with Crippen molar-refractivity contribution in [1.29, 1.82) is 0 Å². The van der Waals surface area contributed by atoms with Gasteiger partial charge in [-0.3, -0.25) is 9.59 Å². The van der Waals surface area contributed by atoms with Crippen molar-refractivity contribution < 1.29 is 19.4 Å². The summed E-state index contributed by atoms with van der Waals surface area (Å²) in [5.74, 6) is -0.888. The van der Waals surface area contributed by atoms with E-state index in [0.29, 0.717) is 30.1 Å².